The van der Waals surface area contributed by atoms with Crippen molar-refractivity contribution in [1.82, 2.24) is 5.32 Å². The van der Waals surface area contributed by atoms with Gasteiger partial charge >= 0.3 is 0 Å². The van der Waals surface area contributed by atoms with Crippen molar-refractivity contribution in [3.05, 3.63) is 28.8 Å². The molecular formula is C18H27ClN2. The fraction of sp³-hybridized carbons (Fsp3) is 0.667. The molecule has 4 unspecified atom stereocenters. The molecular weight excluding hydrogens is 280 g/mol. The van der Waals surface area contributed by atoms with E-state index in [4.69, 9.17) is 11.6 Å². The van der Waals surface area contributed by atoms with Gasteiger partial charge in [-0.3, -0.25) is 0 Å². The molecule has 3 rings (SSSR count). The molecule has 0 aliphatic heterocycles. The first-order valence-corrected chi connectivity index (χ1v) is 8.64. The van der Waals surface area contributed by atoms with Crippen LogP contribution in [0.3, 0.4) is 0 Å². The van der Waals surface area contributed by atoms with Crippen LogP contribution in [0.25, 0.3) is 0 Å². The smallest absolute Gasteiger partial charge is 0.0474 e. The molecule has 0 spiro atoms. The van der Waals surface area contributed by atoms with Crippen LogP contribution in [0.15, 0.2) is 18.2 Å². The van der Waals surface area contributed by atoms with E-state index in [1.165, 1.54) is 43.5 Å². The van der Waals surface area contributed by atoms with Crippen molar-refractivity contribution in [2.45, 2.75) is 38.6 Å². The van der Waals surface area contributed by atoms with Gasteiger partial charge in [0, 0.05) is 30.3 Å². The van der Waals surface area contributed by atoms with Crippen LogP contribution in [-0.2, 0) is 0 Å². The first-order chi connectivity index (χ1) is 10.1. The average Bonchev–Trinajstić information content (AvgIpc) is 3.08. The van der Waals surface area contributed by atoms with Crippen LogP contribution in [0.1, 0.15) is 44.2 Å². The Morgan fingerprint density at radius 2 is 2.14 bits per heavy atom. The van der Waals surface area contributed by atoms with Crippen LogP contribution in [0.5, 0.6) is 0 Å². The van der Waals surface area contributed by atoms with Crippen LogP contribution >= 0.6 is 11.6 Å². The summed E-state index contributed by atoms with van der Waals surface area (Å²) in [5.74, 6) is 2.90. The number of nitrogens with one attached hydrogen (secondary N) is 1. The third kappa shape index (κ3) is 3.07. The van der Waals surface area contributed by atoms with Crippen molar-refractivity contribution in [3.63, 3.8) is 0 Å². The number of anilines is 1. The number of hydrogen-bond acceptors (Lipinski definition) is 2. The highest BCUT2D eigenvalue weighted by atomic mass is 35.5. The Bertz CT molecular complexity index is 502. The molecule has 2 aliphatic rings. The summed E-state index contributed by atoms with van der Waals surface area (Å²) in [4.78, 5) is 2.39. The van der Waals surface area contributed by atoms with E-state index in [1.54, 1.807) is 0 Å². The second kappa shape index (κ2) is 6.18. The SMILES string of the molecule is CNC(C)c1ccc(N(C)CC2CC3CCC2C3)cc1Cl. The molecule has 0 radical (unpaired) electrons. The maximum atomic E-state index is 6.46. The number of benzene rings is 1. The summed E-state index contributed by atoms with van der Waals surface area (Å²) in [6, 6.07) is 6.79. The highest BCUT2D eigenvalue weighted by Gasteiger charge is 2.39. The molecule has 1 aromatic rings. The van der Waals surface area contributed by atoms with Gasteiger partial charge in [-0.15, -0.1) is 0 Å². The van der Waals surface area contributed by atoms with Crippen LogP contribution < -0.4 is 10.2 Å². The Labute approximate surface area is 133 Å². The Balaban J connectivity index is 1.67. The molecule has 2 aliphatic carbocycles. The number of hydrogen-bond donors (Lipinski definition) is 1. The molecule has 0 heterocycles. The molecule has 116 valence electrons. The van der Waals surface area contributed by atoms with Crippen molar-refractivity contribution in [2.24, 2.45) is 17.8 Å². The highest BCUT2D eigenvalue weighted by Crippen LogP contribution is 2.48. The summed E-state index contributed by atoms with van der Waals surface area (Å²) in [6.45, 7) is 3.32. The number of fused-ring (bicyclic) bond motifs is 2. The van der Waals surface area contributed by atoms with Crippen LogP contribution in [0.2, 0.25) is 5.02 Å². The molecule has 4 atom stereocenters. The minimum atomic E-state index is 0.294. The molecule has 0 amide bonds. The molecule has 3 heteroatoms. The molecule has 2 saturated carbocycles. The highest BCUT2D eigenvalue weighted by molar-refractivity contribution is 6.31. The van der Waals surface area contributed by atoms with Gasteiger partial charge in [-0.2, -0.15) is 0 Å². The maximum absolute atomic E-state index is 6.46. The quantitative estimate of drug-likeness (QED) is 0.862. The van der Waals surface area contributed by atoms with Crippen molar-refractivity contribution in [3.8, 4) is 0 Å². The van der Waals surface area contributed by atoms with Gasteiger partial charge in [0.2, 0.25) is 0 Å². The largest absolute Gasteiger partial charge is 0.374 e. The van der Waals surface area contributed by atoms with Gasteiger partial charge in [0.15, 0.2) is 0 Å². The lowest BCUT2D eigenvalue weighted by atomic mass is 9.88. The van der Waals surface area contributed by atoms with Crippen molar-refractivity contribution in [1.29, 1.82) is 0 Å². The number of halogens is 1. The lowest BCUT2D eigenvalue weighted by Gasteiger charge is -2.29. The summed E-state index contributed by atoms with van der Waals surface area (Å²) in [5, 5.41) is 4.12. The molecule has 0 saturated heterocycles. The van der Waals surface area contributed by atoms with E-state index in [-0.39, 0.29) is 0 Å². The minimum Gasteiger partial charge on any atom is -0.374 e. The zero-order valence-electron chi connectivity index (χ0n) is 13.4. The third-order valence-corrected chi connectivity index (χ3v) is 6.04. The van der Waals surface area contributed by atoms with E-state index in [1.807, 2.05) is 7.05 Å². The predicted molar refractivity (Wildman–Crippen MR) is 91.1 cm³/mol. The first-order valence-electron chi connectivity index (χ1n) is 8.26. The summed E-state index contributed by atoms with van der Waals surface area (Å²) in [5.41, 5.74) is 2.42. The van der Waals surface area contributed by atoms with E-state index < -0.39 is 0 Å². The minimum absolute atomic E-state index is 0.294. The molecule has 1 N–H and O–H groups in total. The summed E-state index contributed by atoms with van der Waals surface area (Å²) >= 11 is 6.46. The number of rotatable bonds is 5. The summed E-state index contributed by atoms with van der Waals surface area (Å²) < 4.78 is 0. The predicted octanol–water partition coefficient (Wildman–Crippen LogP) is 4.49. The third-order valence-electron chi connectivity index (χ3n) is 5.72. The molecule has 21 heavy (non-hydrogen) atoms. The summed E-state index contributed by atoms with van der Waals surface area (Å²) in [6.07, 6.45) is 5.87. The molecule has 2 bridgehead atoms. The van der Waals surface area contributed by atoms with E-state index in [0.29, 0.717) is 6.04 Å². The van der Waals surface area contributed by atoms with Crippen molar-refractivity contribution >= 4 is 17.3 Å². The van der Waals surface area contributed by atoms with E-state index in [2.05, 4.69) is 42.4 Å². The van der Waals surface area contributed by atoms with Crippen molar-refractivity contribution < 1.29 is 0 Å². The normalized spacial score (nSPS) is 28.9. The Kier molecular flexibility index (Phi) is 4.46. The Hall–Kier alpha value is -0.730. The second-order valence-electron chi connectivity index (χ2n) is 7.03. The lowest BCUT2D eigenvalue weighted by Crippen LogP contribution is -2.28. The first kappa shape index (κ1) is 15.2. The maximum Gasteiger partial charge on any atom is 0.0474 e. The molecule has 1 aromatic carbocycles. The average molecular weight is 307 g/mol. The molecule has 2 fully saturated rings. The van der Waals surface area contributed by atoms with E-state index in [9.17, 15) is 0 Å². The second-order valence-corrected chi connectivity index (χ2v) is 7.44. The van der Waals surface area contributed by atoms with Crippen LogP contribution in [0, 0.1) is 17.8 Å². The Morgan fingerprint density at radius 3 is 2.71 bits per heavy atom. The topological polar surface area (TPSA) is 15.3 Å². The monoisotopic (exact) mass is 306 g/mol. The standard InChI is InChI=1S/C18H27ClN2/c1-12(20-2)17-7-6-16(10-18(17)19)21(3)11-15-9-13-4-5-14(15)8-13/h6-7,10,12-15,20H,4-5,8-9,11H2,1-3H3. The van der Waals surface area contributed by atoms with Gasteiger partial charge in [0.05, 0.1) is 0 Å². The van der Waals surface area contributed by atoms with Gasteiger partial charge in [-0.25, -0.2) is 0 Å². The fourth-order valence-electron chi connectivity index (χ4n) is 4.32. The lowest BCUT2D eigenvalue weighted by molar-refractivity contribution is 0.337. The number of nitrogens with zero attached hydrogens (tertiary/aromatic N) is 1. The fourth-order valence-corrected chi connectivity index (χ4v) is 4.66. The van der Waals surface area contributed by atoms with Gasteiger partial charge in [0.1, 0.15) is 0 Å². The van der Waals surface area contributed by atoms with Gasteiger partial charge in [-0.05, 0) is 68.7 Å². The zero-order chi connectivity index (χ0) is 15.0. The van der Waals surface area contributed by atoms with Crippen LogP contribution in [-0.4, -0.2) is 20.6 Å². The molecule has 2 nitrogen and oxygen atoms in total. The van der Waals surface area contributed by atoms with E-state index >= 15 is 0 Å². The zero-order valence-corrected chi connectivity index (χ0v) is 14.2. The van der Waals surface area contributed by atoms with Crippen LogP contribution in [0.4, 0.5) is 5.69 Å². The van der Waals surface area contributed by atoms with Gasteiger partial charge in [0.25, 0.3) is 0 Å². The van der Waals surface area contributed by atoms with E-state index in [0.717, 1.165) is 22.8 Å². The molecule has 0 aromatic heterocycles. The van der Waals surface area contributed by atoms with Crippen molar-refractivity contribution in [2.75, 3.05) is 25.5 Å². The Morgan fingerprint density at radius 1 is 1.33 bits per heavy atom. The van der Waals surface area contributed by atoms with Gasteiger partial charge < -0.3 is 10.2 Å². The summed E-state index contributed by atoms with van der Waals surface area (Å²) in [7, 11) is 4.18. The van der Waals surface area contributed by atoms with Gasteiger partial charge in [-0.1, -0.05) is 24.1 Å².